The van der Waals surface area contributed by atoms with Gasteiger partial charge in [-0.05, 0) is 83.1 Å². The highest BCUT2D eigenvalue weighted by atomic mass is 16.5. The number of rotatable bonds is 11. The summed E-state index contributed by atoms with van der Waals surface area (Å²) < 4.78 is 5.36. The van der Waals surface area contributed by atoms with Crippen molar-refractivity contribution < 1.29 is 14.3 Å². The number of methoxy groups -OCH3 is 1. The Bertz CT molecular complexity index is 622. The van der Waals surface area contributed by atoms with Gasteiger partial charge in [0.05, 0.1) is 12.7 Å². The van der Waals surface area contributed by atoms with E-state index in [1.54, 1.807) is 14.0 Å². The van der Waals surface area contributed by atoms with E-state index >= 15 is 0 Å². The molecule has 1 saturated heterocycles. The molecular formula is C22H34N2O3. The number of carbonyl (C=O) groups is 2. The minimum atomic E-state index is 0.0245. The molecule has 0 aliphatic carbocycles. The Hall–Kier alpha value is -1.88. The van der Waals surface area contributed by atoms with Crippen LogP contribution in [-0.4, -0.2) is 50.3 Å². The number of anilines is 1. The Morgan fingerprint density at radius 1 is 1.30 bits per heavy atom. The van der Waals surface area contributed by atoms with Crippen LogP contribution in [0.3, 0.4) is 0 Å². The van der Waals surface area contributed by atoms with Gasteiger partial charge < -0.3 is 19.7 Å². The summed E-state index contributed by atoms with van der Waals surface area (Å²) in [6, 6.07) is 3.83. The van der Waals surface area contributed by atoms with Crippen LogP contribution in [0.15, 0.2) is 12.1 Å². The van der Waals surface area contributed by atoms with Crippen LogP contribution in [0.2, 0.25) is 0 Å². The van der Waals surface area contributed by atoms with Crippen molar-refractivity contribution in [2.24, 2.45) is 5.92 Å². The normalized spacial score (nSPS) is 15.5. The Balaban J connectivity index is 1.69. The first-order valence-corrected chi connectivity index (χ1v) is 10.1. The molecular weight excluding hydrogens is 340 g/mol. The van der Waals surface area contributed by atoms with Crippen molar-refractivity contribution in [3.05, 3.63) is 23.3 Å². The zero-order valence-corrected chi connectivity index (χ0v) is 17.1. The van der Waals surface area contributed by atoms with Crippen LogP contribution in [0.4, 0.5) is 5.69 Å². The molecule has 0 bridgehead atoms. The Kier molecular flexibility index (Phi) is 8.79. The lowest BCUT2D eigenvalue weighted by Crippen LogP contribution is -2.34. The fourth-order valence-electron chi connectivity index (χ4n) is 3.81. The minimum Gasteiger partial charge on any atom is -0.496 e. The standard InChI is InChI=1S/C22H34N2O3/c1-17-15-20(18(2)26)22(27-3)16-21(17)23-10-4-5-11-24-12-8-19(9-13-24)7-6-14-25/h14-16,19,23H,4-13H2,1-3H3. The predicted octanol–water partition coefficient (Wildman–Crippen LogP) is 4.09. The molecule has 5 heteroatoms. The zero-order chi connectivity index (χ0) is 19.6. The highest BCUT2D eigenvalue weighted by Gasteiger charge is 2.18. The summed E-state index contributed by atoms with van der Waals surface area (Å²) in [5, 5.41) is 3.48. The number of nitrogens with zero attached hydrogens (tertiary/aromatic N) is 1. The molecule has 0 amide bonds. The number of benzene rings is 1. The van der Waals surface area contributed by atoms with Crippen molar-refractivity contribution >= 4 is 17.8 Å². The topological polar surface area (TPSA) is 58.6 Å². The number of nitrogens with one attached hydrogen (secondary N) is 1. The molecule has 0 atom stereocenters. The number of piperidine rings is 1. The summed E-state index contributed by atoms with van der Waals surface area (Å²) >= 11 is 0. The maximum Gasteiger partial charge on any atom is 0.163 e. The van der Waals surface area contributed by atoms with E-state index in [2.05, 4.69) is 10.2 Å². The van der Waals surface area contributed by atoms with Crippen molar-refractivity contribution in [2.45, 2.75) is 52.4 Å². The summed E-state index contributed by atoms with van der Waals surface area (Å²) in [4.78, 5) is 24.7. The predicted molar refractivity (Wildman–Crippen MR) is 110 cm³/mol. The third-order valence-corrected chi connectivity index (χ3v) is 5.54. The third kappa shape index (κ3) is 6.65. The van der Waals surface area contributed by atoms with Crippen molar-refractivity contribution in [2.75, 3.05) is 38.6 Å². The molecule has 0 spiro atoms. The summed E-state index contributed by atoms with van der Waals surface area (Å²) in [5.41, 5.74) is 2.74. The first kappa shape index (κ1) is 21.4. The molecule has 1 aromatic rings. The lowest BCUT2D eigenvalue weighted by atomic mass is 9.92. The summed E-state index contributed by atoms with van der Waals surface area (Å²) in [5.74, 6) is 1.40. The molecule has 1 aliphatic heterocycles. The lowest BCUT2D eigenvalue weighted by molar-refractivity contribution is -0.108. The van der Waals surface area contributed by atoms with E-state index in [4.69, 9.17) is 4.74 Å². The molecule has 0 unspecified atom stereocenters. The number of ketones is 1. The molecule has 0 radical (unpaired) electrons. The van der Waals surface area contributed by atoms with Gasteiger partial charge in [-0.15, -0.1) is 0 Å². The van der Waals surface area contributed by atoms with E-state index in [1.807, 2.05) is 19.1 Å². The third-order valence-electron chi connectivity index (χ3n) is 5.54. The molecule has 1 aromatic carbocycles. The molecule has 5 nitrogen and oxygen atoms in total. The van der Waals surface area contributed by atoms with Gasteiger partial charge in [0.15, 0.2) is 5.78 Å². The van der Waals surface area contributed by atoms with Crippen LogP contribution in [0.1, 0.15) is 61.4 Å². The number of Topliss-reactive ketones (excluding diaryl/α,β-unsaturated/α-hetero) is 1. The Morgan fingerprint density at radius 3 is 2.67 bits per heavy atom. The van der Waals surface area contributed by atoms with E-state index in [1.165, 1.54) is 32.4 Å². The maximum atomic E-state index is 11.7. The van der Waals surface area contributed by atoms with Crippen LogP contribution >= 0.6 is 0 Å². The van der Waals surface area contributed by atoms with Gasteiger partial charge in [-0.2, -0.15) is 0 Å². The second kappa shape index (κ2) is 11.1. The fraction of sp³-hybridized carbons (Fsp3) is 0.636. The number of aldehydes is 1. The van der Waals surface area contributed by atoms with E-state index in [0.717, 1.165) is 49.4 Å². The molecule has 1 aliphatic rings. The zero-order valence-electron chi connectivity index (χ0n) is 17.1. The smallest absolute Gasteiger partial charge is 0.163 e. The monoisotopic (exact) mass is 374 g/mol. The van der Waals surface area contributed by atoms with Gasteiger partial charge >= 0.3 is 0 Å². The highest BCUT2D eigenvalue weighted by molar-refractivity contribution is 5.97. The maximum absolute atomic E-state index is 11.7. The summed E-state index contributed by atoms with van der Waals surface area (Å²) in [6.45, 7) is 7.98. The molecule has 1 N–H and O–H groups in total. The Labute approximate surface area is 163 Å². The molecule has 0 saturated carbocycles. The lowest BCUT2D eigenvalue weighted by Gasteiger charge is -2.31. The first-order valence-electron chi connectivity index (χ1n) is 10.1. The summed E-state index contributed by atoms with van der Waals surface area (Å²) in [7, 11) is 1.60. The second-order valence-electron chi connectivity index (χ2n) is 7.59. The number of hydrogen-bond acceptors (Lipinski definition) is 5. The van der Waals surface area contributed by atoms with Crippen LogP contribution in [-0.2, 0) is 4.79 Å². The van der Waals surface area contributed by atoms with E-state index < -0.39 is 0 Å². The van der Waals surface area contributed by atoms with Crippen molar-refractivity contribution in [1.82, 2.24) is 4.90 Å². The SMILES string of the molecule is COc1cc(NCCCCN2CCC(CCC=O)CC2)c(C)cc1C(C)=O. The average molecular weight is 375 g/mol. The number of ether oxygens (including phenoxy) is 1. The van der Waals surface area contributed by atoms with Gasteiger partial charge in [-0.25, -0.2) is 0 Å². The molecule has 0 aromatic heterocycles. The number of likely N-dealkylation sites (tertiary alicyclic amines) is 1. The van der Waals surface area contributed by atoms with Crippen LogP contribution in [0.5, 0.6) is 5.75 Å². The van der Waals surface area contributed by atoms with Crippen molar-refractivity contribution in [3.63, 3.8) is 0 Å². The van der Waals surface area contributed by atoms with E-state index in [0.29, 0.717) is 17.7 Å². The largest absolute Gasteiger partial charge is 0.496 e. The number of carbonyl (C=O) groups excluding carboxylic acids is 2. The van der Waals surface area contributed by atoms with Gasteiger partial charge in [0.2, 0.25) is 0 Å². The first-order chi connectivity index (χ1) is 13.0. The van der Waals surface area contributed by atoms with Crippen molar-refractivity contribution in [1.29, 1.82) is 0 Å². The molecule has 1 heterocycles. The van der Waals surface area contributed by atoms with Crippen LogP contribution in [0, 0.1) is 12.8 Å². The molecule has 27 heavy (non-hydrogen) atoms. The molecule has 1 fully saturated rings. The minimum absolute atomic E-state index is 0.0245. The van der Waals surface area contributed by atoms with Crippen LogP contribution < -0.4 is 10.1 Å². The van der Waals surface area contributed by atoms with Gasteiger partial charge in [0.1, 0.15) is 12.0 Å². The average Bonchev–Trinajstić information content (AvgIpc) is 2.67. The van der Waals surface area contributed by atoms with Gasteiger partial charge in [-0.1, -0.05) is 0 Å². The molecule has 2 rings (SSSR count). The Morgan fingerprint density at radius 2 is 2.04 bits per heavy atom. The highest BCUT2D eigenvalue weighted by Crippen LogP contribution is 2.27. The van der Waals surface area contributed by atoms with Gasteiger partial charge in [0.25, 0.3) is 0 Å². The van der Waals surface area contributed by atoms with E-state index in [9.17, 15) is 9.59 Å². The quantitative estimate of drug-likeness (QED) is 0.359. The number of aryl methyl sites for hydroxylation is 1. The van der Waals surface area contributed by atoms with Crippen LogP contribution in [0.25, 0.3) is 0 Å². The fourth-order valence-corrected chi connectivity index (χ4v) is 3.81. The number of hydrogen-bond donors (Lipinski definition) is 1. The van der Waals surface area contributed by atoms with Gasteiger partial charge in [-0.3, -0.25) is 4.79 Å². The number of unbranched alkanes of at least 4 members (excludes halogenated alkanes) is 1. The van der Waals surface area contributed by atoms with E-state index in [-0.39, 0.29) is 5.78 Å². The van der Waals surface area contributed by atoms with Gasteiger partial charge in [0, 0.05) is 24.7 Å². The second-order valence-corrected chi connectivity index (χ2v) is 7.59. The molecule has 150 valence electrons. The van der Waals surface area contributed by atoms with Crippen molar-refractivity contribution in [3.8, 4) is 5.75 Å². The summed E-state index contributed by atoms with van der Waals surface area (Å²) in [6.07, 6.45) is 7.57.